The summed E-state index contributed by atoms with van der Waals surface area (Å²) in [6.07, 6.45) is 0.0458. The van der Waals surface area contributed by atoms with Gasteiger partial charge in [-0.2, -0.15) is 0 Å². The van der Waals surface area contributed by atoms with Crippen LogP contribution in [0.25, 0.3) is 0 Å². The summed E-state index contributed by atoms with van der Waals surface area (Å²) in [5.74, 6) is -0.0339. The molecule has 0 bridgehead atoms. The number of hydrogen-bond donors (Lipinski definition) is 1. The number of halogens is 4. The van der Waals surface area contributed by atoms with Crippen molar-refractivity contribution in [3.05, 3.63) is 91.4 Å². The van der Waals surface area contributed by atoms with Crippen LogP contribution in [0, 0.1) is 0 Å². The minimum absolute atomic E-state index is 0.0458. The van der Waals surface area contributed by atoms with Gasteiger partial charge in [0.05, 0.1) is 5.56 Å². The summed E-state index contributed by atoms with van der Waals surface area (Å²) in [6, 6.07) is 14.5. The fraction of sp³-hybridized carbons (Fsp3) is 0.0952. The topological polar surface area (TPSA) is 46.5 Å². The molecule has 0 aliphatic carbocycles. The smallest absolute Gasteiger partial charge is 0.171 e. The number of carbonyl (C=O) groups excluding carboxylic acids is 1. The first-order valence-corrected chi connectivity index (χ1v) is 9.71. The minimum atomic E-state index is -0.269. The predicted molar refractivity (Wildman–Crippen MR) is 113 cm³/mol. The predicted octanol–water partition coefficient (Wildman–Crippen LogP) is 7.01. The number of phenolic OH excluding ortho intramolecular Hbond substituents is 1. The molecule has 3 rings (SSSR count). The van der Waals surface area contributed by atoms with Crippen LogP contribution in [-0.4, -0.2) is 10.9 Å². The third kappa shape index (κ3) is 5.12. The molecule has 0 radical (unpaired) electrons. The van der Waals surface area contributed by atoms with Gasteiger partial charge in [-0.25, -0.2) is 0 Å². The Morgan fingerprint density at radius 3 is 2.00 bits per heavy atom. The van der Waals surface area contributed by atoms with Crippen molar-refractivity contribution in [3.8, 4) is 11.5 Å². The molecule has 0 aromatic heterocycles. The fourth-order valence-corrected chi connectivity index (χ4v) is 3.51. The molecule has 144 valence electrons. The summed E-state index contributed by atoms with van der Waals surface area (Å²) >= 11 is 24.0. The Labute approximate surface area is 182 Å². The van der Waals surface area contributed by atoms with E-state index in [1.54, 1.807) is 42.5 Å². The lowest BCUT2D eigenvalue weighted by Crippen LogP contribution is -2.05. The highest BCUT2D eigenvalue weighted by Crippen LogP contribution is 2.28. The highest BCUT2D eigenvalue weighted by molar-refractivity contribution is 6.35. The Morgan fingerprint density at radius 2 is 1.43 bits per heavy atom. The van der Waals surface area contributed by atoms with Crippen LogP contribution in [0.2, 0.25) is 20.1 Å². The van der Waals surface area contributed by atoms with E-state index in [2.05, 4.69) is 0 Å². The molecule has 3 aromatic carbocycles. The highest BCUT2D eigenvalue weighted by atomic mass is 35.5. The summed E-state index contributed by atoms with van der Waals surface area (Å²) < 4.78 is 5.64. The van der Waals surface area contributed by atoms with E-state index >= 15 is 0 Å². The third-order valence-corrected chi connectivity index (χ3v) is 5.22. The van der Waals surface area contributed by atoms with Crippen molar-refractivity contribution >= 4 is 52.2 Å². The lowest BCUT2D eigenvalue weighted by atomic mass is 10.0. The van der Waals surface area contributed by atoms with Crippen molar-refractivity contribution in [1.29, 1.82) is 0 Å². The Bertz CT molecular complexity index is 1030. The van der Waals surface area contributed by atoms with Crippen molar-refractivity contribution in [2.45, 2.75) is 13.0 Å². The molecule has 3 nitrogen and oxygen atoms in total. The van der Waals surface area contributed by atoms with Crippen LogP contribution >= 0.6 is 46.4 Å². The molecule has 0 amide bonds. The van der Waals surface area contributed by atoms with Crippen LogP contribution in [-0.2, 0) is 13.0 Å². The fourth-order valence-electron chi connectivity index (χ4n) is 2.57. The average molecular weight is 456 g/mol. The van der Waals surface area contributed by atoms with E-state index in [0.717, 1.165) is 5.56 Å². The molecule has 0 saturated heterocycles. The van der Waals surface area contributed by atoms with Crippen molar-refractivity contribution < 1.29 is 14.6 Å². The Morgan fingerprint density at radius 1 is 0.821 bits per heavy atom. The van der Waals surface area contributed by atoms with Crippen LogP contribution in [0.15, 0.2) is 54.6 Å². The van der Waals surface area contributed by atoms with Crippen molar-refractivity contribution in [3.63, 3.8) is 0 Å². The summed E-state index contributed by atoms with van der Waals surface area (Å²) in [5.41, 5.74) is 1.57. The number of hydrogen-bond acceptors (Lipinski definition) is 3. The Hall–Kier alpha value is -1.91. The second-order valence-corrected chi connectivity index (χ2v) is 7.73. The second-order valence-electron chi connectivity index (χ2n) is 6.04. The van der Waals surface area contributed by atoms with Crippen LogP contribution in [0.3, 0.4) is 0 Å². The maximum atomic E-state index is 12.5. The monoisotopic (exact) mass is 454 g/mol. The molecule has 0 aliphatic heterocycles. The molecule has 28 heavy (non-hydrogen) atoms. The summed E-state index contributed by atoms with van der Waals surface area (Å²) in [7, 11) is 0. The standard InChI is InChI=1S/C21H14Cl4O3/c22-14-3-1-12(18(24)8-14)7-20(26)17-6-5-16(10-21(17)27)28-11-13-2-4-15(23)9-19(13)25/h1-6,8-10,27H,7,11H2. The van der Waals surface area contributed by atoms with E-state index in [9.17, 15) is 9.90 Å². The van der Waals surface area contributed by atoms with Gasteiger partial charge in [0.25, 0.3) is 0 Å². The van der Waals surface area contributed by atoms with E-state index < -0.39 is 0 Å². The zero-order valence-corrected chi connectivity index (χ0v) is 17.4. The molecule has 0 aliphatic rings. The summed E-state index contributed by atoms with van der Waals surface area (Å²) in [6.45, 7) is 0.198. The van der Waals surface area contributed by atoms with Crippen molar-refractivity contribution in [2.75, 3.05) is 0 Å². The number of carbonyl (C=O) groups is 1. The molecule has 0 spiro atoms. The van der Waals surface area contributed by atoms with Gasteiger partial charge in [-0.1, -0.05) is 58.5 Å². The molecular weight excluding hydrogens is 442 g/mol. The third-order valence-electron chi connectivity index (χ3n) is 4.05. The van der Waals surface area contributed by atoms with Crippen LogP contribution in [0.1, 0.15) is 21.5 Å². The number of Topliss-reactive ketones (excluding diaryl/α,β-unsaturated/α-hetero) is 1. The first kappa shape index (κ1) is 20.8. The zero-order valence-electron chi connectivity index (χ0n) is 14.4. The first-order chi connectivity index (χ1) is 13.3. The van der Waals surface area contributed by atoms with Crippen LogP contribution in [0.4, 0.5) is 0 Å². The van der Waals surface area contributed by atoms with Gasteiger partial charge in [-0.05, 0) is 42.0 Å². The molecule has 3 aromatic rings. The highest BCUT2D eigenvalue weighted by Gasteiger charge is 2.15. The van der Waals surface area contributed by atoms with Crippen molar-refractivity contribution in [2.24, 2.45) is 0 Å². The van der Waals surface area contributed by atoms with Gasteiger partial charge in [0.15, 0.2) is 5.78 Å². The largest absolute Gasteiger partial charge is 0.507 e. The van der Waals surface area contributed by atoms with Gasteiger partial charge in [-0.15, -0.1) is 0 Å². The average Bonchev–Trinajstić information content (AvgIpc) is 2.63. The maximum Gasteiger partial charge on any atom is 0.171 e. The first-order valence-electron chi connectivity index (χ1n) is 8.20. The van der Waals surface area contributed by atoms with Gasteiger partial charge in [0, 0.05) is 38.1 Å². The number of benzene rings is 3. The number of ether oxygens (including phenoxy) is 1. The van der Waals surface area contributed by atoms with Gasteiger partial charge >= 0.3 is 0 Å². The molecule has 0 heterocycles. The van der Waals surface area contributed by atoms with Gasteiger partial charge in [-0.3, -0.25) is 4.79 Å². The van der Waals surface area contributed by atoms with Crippen LogP contribution < -0.4 is 4.74 Å². The number of phenols is 1. The normalized spacial score (nSPS) is 10.7. The number of rotatable bonds is 6. The van der Waals surface area contributed by atoms with E-state index in [-0.39, 0.29) is 30.1 Å². The molecule has 1 N–H and O–H groups in total. The number of aromatic hydroxyl groups is 1. The lowest BCUT2D eigenvalue weighted by Gasteiger charge is -2.11. The summed E-state index contributed by atoms with van der Waals surface area (Å²) in [4.78, 5) is 12.5. The van der Waals surface area contributed by atoms with E-state index in [0.29, 0.717) is 31.4 Å². The molecule has 0 unspecified atom stereocenters. The molecular formula is C21H14Cl4O3. The number of ketones is 1. The van der Waals surface area contributed by atoms with E-state index in [1.165, 1.54) is 12.1 Å². The van der Waals surface area contributed by atoms with Gasteiger partial charge in [0.1, 0.15) is 18.1 Å². The van der Waals surface area contributed by atoms with Gasteiger partial charge in [0.2, 0.25) is 0 Å². The summed E-state index contributed by atoms with van der Waals surface area (Å²) in [5, 5.41) is 12.2. The Kier molecular flexibility index (Phi) is 6.73. The quantitative estimate of drug-likeness (QED) is 0.406. The Balaban J connectivity index is 1.70. The van der Waals surface area contributed by atoms with Gasteiger partial charge < -0.3 is 9.84 Å². The SMILES string of the molecule is O=C(Cc1ccc(Cl)cc1Cl)c1ccc(OCc2ccc(Cl)cc2Cl)cc1O. The van der Waals surface area contributed by atoms with E-state index in [4.69, 9.17) is 51.1 Å². The maximum absolute atomic E-state index is 12.5. The van der Waals surface area contributed by atoms with Crippen molar-refractivity contribution in [1.82, 2.24) is 0 Å². The molecule has 0 saturated carbocycles. The van der Waals surface area contributed by atoms with E-state index in [1.807, 2.05) is 0 Å². The minimum Gasteiger partial charge on any atom is -0.507 e. The van der Waals surface area contributed by atoms with Crippen LogP contribution in [0.5, 0.6) is 11.5 Å². The molecule has 0 fully saturated rings. The lowest BCUT2D eigenvalue weighted by molar-refractivity contribution is 0.0990. The molecule has 0 atom stereocenters. The molecule has 7 heteroatoms. The second kappa shape index (κ2) is 9.06. The zero-order chi connectivity index (χ0) is 20.3.